The zero-order valence-electron chi connectivity index (χ0n) is 11.9. The molecule has 110 valence electrons. The first-order valence-corrected chi connectivity index (χ1v) is 6.15. The number of esters is 1. The Morgan fingerprint density at radius 2 is 1.70 bits per heavy atom. The van der Waals surface area contributed by atoms with E-state index in [1.165, 1.54) is 20.1 Å². The van der Waals surface area contributed by atoms with Crippen molar-refractivity contribution in [2.24, 2.45) is 5.92 Å². The third-order valence-electron chi connectivity index (χ3n) is 2.26. The van der Waals surface area contributed by atoms with Gasteiger partial charge in [-0.1, -0.05) is 19.9 Å². The normalized spacial score (nSPS) is 11.7. The van der Waals surface area contributed by atoms with Gasteiger partial charge in [0.2, 0.25) is 6.29 Å². The fourth-order valence-electron chi connectivity index (χ4n) is 1.24. The highest BCUT2D eigenvalue weighted by atomic mass is 16.8. The van der Waals surface area contributed by atoms with E-state index in [1.54, 1.807) is 32.0 Å². The van der Waals surface area contributed by atoms with Gasteiger partial charge in [0.05, 0.1) is 13.0 Å². The Labute approximate surface area is 117 Å². The molecule has 0 radical (unpaired) electrons. The zero-order valence-corrected chi connectivity index (χ0v) is 11.9. The smallest absolute Gasteiger partial charge is 0.497 e. The Morgan fingerprint density at radius 3 is 2.30 bits per heavy atom. The minimum absolute atomic E-state index is 0.275. The largest absolute Gasteiger partial charge is 0.516 e. The molecule has 1 atom stereocenters. The molecule has 0 aliphatic heterocycles. The summed E-state index contributed by atoms with van der Waals surface area (Å²) < 4.78 is 19.6. The molecule has 20 heavy (non-hydrogen) atoms. The van der Waals surface area contributed by atoms with Crippen molar-refractivity contribution >= 4 is 12.1 Å². The number of carbonyl (C=O) groups is 2. The maximum atomic E-state index is 11.5. The van der Waals surface area contributed by atoms with E-state index in [9.17, 15) is 9.59 Å². The van der Waals surface area contributed by atoms with E-state index in [0.717, 1.165) is 0 Å². The monoisotopic (exact) mass is 282 g/mol. The van der Waals surface area contributed by atoms with Crippen molar-refractivity contribution < 1.29 is 28.5 Å². The summed E-state index contributed by atoms with van der Waals surface area (Å²) in [5, 5.41) is 0. The van der Waals surface area contributed by atoms with Gasteiger partial charge >= 0.3 is 12.1 Å². The maximum Gasteiger partial charge on any atom is 0.516 e. The number of rotatable bonds is 5. The average molecular weight is 282 g/mol. The third-order valence-corrected chi connectivity index (χ3v) is 2.26. The fourth-order valence-corrected chi connectivity index (χ4v) is 1.24. The van der Waals surface area contributed by atoms with Gasteiger partial charge < -0.3 is 18.9 Å². The van der Waals surface area contributed by atoms with Gasteiger partial charge in [0.15, 0.2) is 0 Å². The van der Waals surface area contributed by atoms with Gasteiger partial charge in [0.1, 0.15) is 11.5 Å². The van der Waals surface area contributed by atoms with Crippen molar-refractivity contribution in [3.05, 3.63) is 24.3 Å². The quantitative estimate of drug-likeness (QED) is 0.470. The minimum atomic E-state index is -1.01. The maximum absolute atomic E-state index is 11.5. The Kier molecular flexibility index (Phi) is 5.83. The third kappa shape index (κ3) is 5.17. The molecule has 0 aliphatic rings. The van der Waals surface area contributed by atoms with E-state index in [1.807, 2.05) is 0 Å². The Morgan fingerprint density at radius 1 is 1.05 bits per heavy atom. The van der Waals surface area contributed by atoms with Crippen LogP contribution in [0.1, 0.15) is 20.8 Å². The fraction of sp³-hybridized carbons (Fsp3) is 0.429. The number of ether oxygens (including phenoxy) is 4. The van der Waals surface area contributed by atoms with Gasteiger partial charge in [-0.25, -0.2) is 4.79 Å². The molecule has 0 N–H and O–H groups in total. The molecular weight excluding hydrogens is 264 g/mol. The second-order valence-electron chi connectivity index (χ2n) is 4.31. The molecule has 1 unspecified atom stereocenters. The summed E-state index contributed by atoms with van der Waals surface area (Å²) in [4.78, 5) is 22.8. The molecule has 0 aliphatic carbocycles. The molecule has 0 fully saturated rings. The lowest BCUT2D eigenvalue weighted by molar-refractivity contribution is -0.170. The molecule has 0 amide bonds. The highest BCUT2D eigenvalue weighted by Crippen LogP contribution is 2.19. The van der Waals surface area contributed by atoms with Crippen LogP contribution in [-0.4, -0.2) is 25.5 Å². The van der Waals surface area contributed by atoms with E-state index in [0.29, 0.717) is 5.75 Å². The molecule has 0 spiro atoms. The lowest BCUT2D eigenvalue weighted by Gasteiger charge is -2.15. The molecule has 0 aromatic heterocycles. The molecule has 1 aromatic rings. The number of carbonyl (C=O) groups excluding carboxylic acids is 2. The van der Waals surface area contributed by atoms with Gasteiger partial charge in [-0.15, -0.1) is 0 Å². The average Bonchev–Trinajstić information content (AvgIpc) is 2.38. The summed E-state index contributed by atoms with van der Waals surface area (Å²) in [5.74, 6) is 0.0773. The van der Waals surface area contributed by atoms with Crippen LogP contribution in [0.3, 0.4) is 0 Å². The summed E-state index contributed by atoms with van der Waals surface area (Å²) in [5.41, 5.74) is 0. The van der Waals surface area contributed by atoms with Crippen LogP contribution in [0.25, 0.3) is 0 Å². The first-order valence-electron chi connectivity index (χ1n) is 6.15. The van der Waals surface area contributed by atoms with Crippen LogP contribution in [0.4, 0.5) is 4.79 Å². The van der Waals surface area contributed by atoms with E-state index >= 15 is 0 Å². The van der Waals surface area contributed by atoms with Crippen LogP contribution in [0.2, 0.25) is 0 Å². The summed E-state index contributed by atoms with van der Waals surface area (Å²) in [7, 11) is 1.50. The predicted octanol–water partition coefficient (Wildman–Crippen LogP) is 2.76. The van der Waals surface area contributed by atoms with Crippen molar-refractivity contribution in [2.45, 2.75) is 27.1 Å². The molecule has 0 saturated heterocycles. The molecule has 1 rings (SSSR count). The van der Waals surface area contributed by atoms with Crippen LogP contribution < -0.4 is 9.47 Å². The standard InChI is InChI=1S/C14H18O6/c1-9(2)13(15)18-10(3)19-14(16)20-12-7-5-6-11(8-12)17-4/h5-10H,1-4H3. The lowest BCUT2D eigenvalue weighted by atomic mass is 10.2. The van der Waals surface area contributed by atoms with Crippen LogP contribution in [0.5, 0.6) is 11.5 Å². The first-order chi connectivity index (χ1) is 9.42. The van der Waals surface area contributed by atoms with Gasteiger partial charge in [0, 0.05) is 13.0 Å². The summed E-state index contributed by atoms with van der Waals surface area (Å²) in [6.45, 7) is 4.81. The van der Waals surface area contributed by atoms with Gasteiger partial charge in [-0.3, -0.25) is 4.79 Å². The minimum Gasteiger partial charge on any atom is -0.497 e. The lowest BCUT2D eigenvalue weighted by Crippen LogP contribution is -2.25. The molecule has 6 heteroatoms. The number of methoxy groups -OCH3 is 1. The topological polar surface area (TPSA) is 71.1 Å². The second kappa shape index (κ2) is 7.37. The Bertz CT molecular complexity index is 468. The second-order valence-corrected chi connectivity index (χ2v) is 4.31. The summed E-state index contributed by atoms with van der Waals surface area (Å²) in [6, 6.07) is 6.50. The zero-order chi connectivity index (χ0) is 15.1. The van der Waals surface area contributed by atoms with E-state index in [4.69, 9.17) is 18.9 Å². The van der Waals surface area contributed by atoms with Crippen molar-refractivity contribution in [1.29, 1.82) is 0 Å². The van der Waals surface area contributed by atoms with Gasteiger partial charge in [0.25, 0.3) is 0 Å². The van der Waals surface area contributed by atoms with Crippen LogP contribution in [-0.2, 0) is 14.3 Å². The highest BCUT2D eigenvalue weighted by Gasteiger charge is 2.17. The van der Waals surface area contributed by atoms with Gasteiger partial charge in [-0.05, 0) is 12.1 Å². The number of benzene rings is 1. The van der Waals surface area contributed by atoms with Crippen LogP contribution >= 0.6 is 0 Å². The number of hydrogen-bond acceptors (Lipinski definition) is 6. The molecular formula is C14H18O6. The van der Waals surface area contributed by atoms with E-state index in [-0.39, 0.29) is 11.7 Å². The molecule has 1 aromatic carbocycles. The van der Waals surface area contributed by atoms with Crippen molar-refractivity contribution in [2.75, 3.05) is 7.11 Å². The predicted molar refractivity (Wildman–Crippen MR) is 70.5 cm³/mol. The molecule has 0 bridgehead atoms. The molecule has 6 nitrogen and oxygen atoms in total. The van der Waals surface area contributed by atoms with Crippen LogP contribution in [0.15, 0.2) is 24.3 Å². The van der Waals surface area contributed by atoms with Crippen molar-refractivity contribution in [3.8, 4) is 11.5 Å². The SMILES string of the molecule is COc1cccc(OC(=O)OC(C)OC(=O)C(C)C)c1. The first kappa shape index (κ1) is 15.8. The van der Waals surface area contributed by atoms with E-state index < -0.39 is 18.4 Å². The molecule has 0 heterocycles. The van der Waals surface area contributed by atoms with Gasteiger partial charge in [-0.2, -0.15) is 0 Å². The van der Waals surface area contributed by atoms with E-state index in [2.05, 4.69) is 0 Å². The Hall–Kier alpha value is -2.24. The van der Waals surface area contributed by atoms with Crippen molar-refractivity contribution in [3.63, 3.8) is 0 Å². The van der Waals surface area contributed by atoms with Crippen LogP contribution in [0, 0.1) is 5.92 Å². The molecule has 0 saturated carbocycles. The summed E-state index contributed by atoms with van der Waals surface area (Å²) in [6.07, 6.45) is -1.97. The van der Waals surface area contributed by atoms with Crippen molar-refractivity contribution in [1.82, 2.24) is 0 Å². The summed E-state index contributed by atoms with van der Waals surface area (Å²) >= 11 is 0. The highest BCUT2D eigenvalue weighted by molar-refractivity contribution is 5.72. The number of hydrogen-bond donors (Lipinski definition) is 0. The Balaban J connectivity index is 2.48.